The van der Waals surface area contributed by atoms with Crippen LogP contribution in [0.1, 0.15) is 5.69 Å². The van der Waals surface area contributed by atoms with Crippen molar-refractivity contribution >= 4 is 56.3 Å². The molecule has 4 nitrogen and oxygen atoms in total. The first-order valence-corrected chi connectivity index (χ1v) is 8.95. The third-order valence-electron chi connectivity index (χ3n) is 4.09. The largest absolute Gasteiger partial charge is 0.312 e. The molecule has 2 heterocycles. The van der Waals surface area contributed by atoms with Crippen LogP contribution in [0.2, 0.25) is 5.15 Å². The number of rotatable bonds is 3. The summed E-state index contributed by atoms with van der Waals surface area (Å²) in [6, 6.07) is 14.0. The number of hydrogen-bond donors (Lipinski definition) is 0. The van der Waals surface area contributed by atoms with Gasteiger partial charge < -0.3 is 4.90 Å². The number of amides is 1. The summed E-state index contributed by atoms with van der Waals surface area (Å²) in [5, 5.41) is 4.57. The normalized spacial score (nSPS) is 11.6. The Labute approximate surface area is 153 Å². The minimum Gasteiger partial charge on any atom is -0.312 e. The van der Waals surface area contributed by atoms with E-state index < -0.39 is 0 Å². The maximum Gasteiger partial charge on any atom is 0.250 e. The summed E-state index contributed by atoms with van der Waals surface area (Å²) in [5.74, 6) is -0.128. The van der Waals surface area contributed by atoms with E-state index in [1.807, 2.05) is 52.4 Å². The van der Waals surface area contributed by atoms with Crippen molar-refractivity contribution in [2.45, 2.75) is 0 Å². The number of benzene rings is 2. The van der Waals surface area contributed by atoms with Gasteiger partial charge in [0.05, 0.1) is 5.69 Å². The lowest BCUT2D eigenvalue weighted by Crippen LogP contribution is -2.23. The Kier molecular flexibility index (Phi) is 4.03. The number of hydrogen-bond acceptors (Lipinski definition) is 3. The van der Waals surface area contributed by atoms with Crippen LogP contribution >= 0.6 is 22.9 Å². The van der Waals surface area contributed by atoms with Gasteiger partial charge in [-0.1, -0.05) is 41.9 Å². The predicted octanol–water partition coefficient (Wildman–Crippen LogP) is 4.88. The second-order valence-corrected chi connectivity index (χ2v) is 6.84. The van der Waals surface area contributed by atoms with Crippen LogP contribution in [0, 0.1) is 0 Å². The number of anilines is 1. The average molecular weight is 368 g/mol. The summed E-state index contributed by atoms with van der Waals surface area (Å²) in [6.07, 6.45) is 5.10. The predicted molar refractivity (Wildman–Crippen MR) is 104 cm³/mol. The van der Waals surface area contributed by atoms with Crippen LogP contribution in [0.5, 0.6) is 0 Å². The Balaban J connectivity index is 1.61. The fourth-order valence-electron chi connectivity index (χ4n) is 2.70. The number of imidazole rings is 1. The van der Waals surface area contributed by atoms with Crippen molar-refractivity contribution in [2.75, 3.05) is 11.9 Å². The number of carbonyl (C=O) groups is 1. The third-order valence-corrected chi connectivity index (χ3v) is 5.12. The lowest BCUT2D eigenvalue weighted by molar-refractivity contribution is -0.113. The zero-order chi connectivity index (χ0) is 17.4. The molecule has 2 aromatic heterocycles. The number of nitrogens with zero attached hydrogens (tertiary/aromatic N) is 3. The highest BCUT2D eigenvalue weighted by molar-refractivity contribution is 7.15. The van der Waals surface area contributed by atoms with Crippen molar-refractivity contribution in [1.82, 2.24) is 9.38 Å². The molecule has 25 heavy (non-hydrogen) atoms. The fraction of sp³-hybridized carbons (Fsp3) is 0.0526. The van der Waals surface area contributed by atoms with Crippen LogP contribution in [0.4, 0.5) is 5.69 Å². The van der Waals surface area contributed by atoms with Gasteiger partial charge in [-0.05, 0) is 29.0 Å². The zero-order valence-corrected chi connectivity index (χ0v) is 15.0. The van der Waals surface area contributed by atoms with Crippen LogP contribution in [-0.2, 0) is 4.79 Å². The van der Waals surface area contributed by atoms with E-state index in [2.05, 4.69) is 11.1 Å². The third kappa shape index (κ3) is 2.92. The number of thiazole rings is 1. The molecule has 124 valence electrons. The Bertz CT molecular complexity index is 1110. The van der Waals surface area contributed by atoms with Gasteiger partial charge in [0.15, 0.2) is 10.1 Å². The topological polar surface area (TPSA) is 37.6 Å². The van der Waals surface area contributed by atoms with E-state index in [0.29, 0.717) is 10.8 Å². The minimum atomic E-state index is -0.128. The van der Waals surface area contributed by atoms with Gasteiger partial charge in [0, 0.05) is 30.4 Å². The first-order valence-electron chi connectivity index (χ1n) is 7.69. The van der Waals surface area contributed by atoms with Crippen molar-refractivity contribution in [2.24, 2.45) is 0 Å². The second kappa shape index (κ2) is 6.35. The van der Waals surface area contributed by atoms with E-state index in [1.165, 1.54) is 17.4 Å². The first-order chi connectivity index (χ1) is 12.1. The minimum absolute atomic E-state index is 0.128. The highest BCUT2D eigenvalue weighted by Crippen LogP contribution is 2.24. The monoisotopic (exact) mass is 367 g/mol. The number of carbonyl (C=O) groups excluding carboxylic acids is 1. The summed E-state index contributed by atoms with van der Waals surface area (Å²) in [6.45, 7) is 0. The summed E-state index contributed by atoms with van der Waals surface area (Å²) in [5.41, 5.74) is 1.55. The maximum atomic E-state index is 12.5. The van der Waals surface area contributed by atoms with Gasteiger partial charge in [-0.2, -0.15) is 0 Å². The molecule has 6 heteroatoms. The molecule has 0 aliphatic heterocycles. The molecule has 0 radical (unpaired) electrons. The quantitative estimate of drug-likeness (QED) is 0.484. The molecule has 1 amide bonds. The highest BCUT2D eigenvalue weighted by Gasteiger charge is 2.11. The van der Waals surface area contributed by atoms with E-state index in [1.54, 1.807) is 18.0 Å². The Morgan fingerprint density at radius 2 is 2.04 bits per heavy atom. The standard InChI is InChI=1S/C19H14ClN3OS/c1-22(15-7-6-13-4-2-3-5-14(13)12-15)17(24)9-8-16-18(20)21-19-23(16)10-11-25-19/h2-12H,1H3/b9-8+. The molecule has 0 spiro atoms. The van der Waals surface area contributed by atoms with Gasteiger partial charge in [-0.3, -0.25) is 9.20 Å². The van der Waals surface area contributed by atoms with E-state index in [0.717, 1.165) is 21.4 Å². The molecule has 0 saturated heterocycles. The Morgan fingerprint density at radius 1 is 1.24 bits per heavy atom. The molecular weight excluding hydrogens is 354 g/mol. The SMILES string of the molecule is CN(C(=O)/C=C/c1c(Cl)nc2sccn12)c1ccc2ccccc2c1. The maximum absolute atomic E-state index is 12.5. The van der Waals surface area contributed by atoms with Gasteiger partial charge in [0.1, 0.15) is 0 Å². The smallest absolute Gasteiger partial charge is 0.250 e. The van der Waals surface area contributed by atoms with Crippen LogP contribution in [0.3, 0.4) is 0 Å². The van der Waals surface area contributed by atoms with Crippen molar-refractivity contribution in [3.05, 3.63) is 71.0 Å². The van der Waals surface area contributed by atoms with Crippen molar-refractivity contribution in [3.63, 3.8) is 0 Å². The molecule has 0 fully saturated rings. The molecule has 4 rings (SSSR count). The summed E-state index contributed by atoms with van der Waals surface area (Å²) in [7, 11) is 1.76. The molecule has 2 aromatic carbocycles. The van der Waals surface area contributed by atoms with Crippen molar-refractivity contribution < 1.29 is 4.79 Å². The van der Waals surface area contributed by atoms with Crippen molar-refractivity contribution in [3.8, 4) is 0 Å². The van der Waals surface area contributed by atoms with E-state index in [4.69, 9.17) is 11.6 Å². The zero-order valence-electron chi connectivity index (χ0n) is 13.4. The molecule has 0 atom stereocenters. The summed E-state index contributed by atoms with van der Waals surface area (Å²) < 4.78 is 1.87. The Hall–Kier alpha value is -2.63. The molecule has 0 N–H and O–H groups in total. The average Bonchev–Trinajstić information content (AvgIpc) is 3.19. The molecule has 0 bridgehead atoms. The van der Waals surface area contributed by atoms with E-state index in [-0.39, 0.29) is 5.91 Å². The van der Waals surface area contributed by atoms with Crippen LogP contribution in [0.25, 0.3) is 21.8 Å². The molecule has 4 aromatic rings. The number of fused-ring (bicyclic) bond motifs is 2. The molecule has 0 aliphatic rings. The molecule has 0 saturated carbocycles. The van der Waals surface area contributed by atoms with Crippen molar-refractivity contribution in [1.29, 1.82) is 0 Å². The summed E-state index contributed by atoms with van der Waals surface area (Å²) >= 11 is 7.65. The fourth-order valence-corrected chi connectivity index (χ4v) is 3.71. The van der Waals surface area contributed by atoms with Gasteiger partial charge in [0.2, 0.25) is 0 Å². The lowest BCUT2D eigenvalue weighted by atomic mass is 10.1. The van der Waals surface area contributed by atoms with Gasteiger partial charge in [-0.15, -0.1) is 11.3 Å². The summed E-state index contributed by atoms with van der Waals surface area (Å²) in [4.78, 5) is 19.2. The molecule has 0 unspecified atom stereocenters. The van der Waals surface area contributed by atoms with Crippen LogP contribution in [-0.4, -0.2) is 22.3 Å². The van der Waals surface area contributed by atoms with Crippen LogP contribution < -0.4 is 4.90 Å². The number of aromatic nitrogens is 2. The lowest BCUT2D eigenvalue weighted by Gasteiger charge is -2.16. The van der Waals surface area contributed by atoms with Gasteiger partial charge in [0.25, 0.3) is 5.91 Å². The van der Waals surface area contributed by atoms with Gasteiger partial charge >= 0.3 is 0 Å². The molecular formula is C19H14ClN3OS. The highest BCUT2D eigenvalue weighted by atomic mass is 35.5. The van der Waals surface area contributed by atoms with E-state index >= 15 is 0 Å². The second-order valence-electron chi connectivity index (χ2n) is 5.61. The first kappa shape index (κ1) is 15.9. The number of likely N-dealkylation sites (N-methyl/N-ethyl adjacent to an activating group) is 1. The number of halogens is 1. The Morgan fingerprint density at radius 3 is 2.88 bits per heavy atom. The van der Waals surface area contributed by atoms with Crippen LogP contribution in [0.15, 0.2) is 60.1 Å². The van der Waals surface area contributed by atoms with Gasteiger partial charge in [-0.25, -0.2) is 4.98 Å². The van der Waals surface area contributed by atoms with E-state index in [9.17, 15) is 4.79 Å². The molecule has 0 aliphatic carbocycles.